The molecule has 1 aliphatic carbocycles. The van der Waals surface area contributed by atoms with Crippen LogP contribution in [0.2, 0.25) is 25.7 Å². The molecular weight excluding hydrogens is 611 g/mol. The van der Waals surface area contributed by atoms with Crippen LogP contribution in [0.4, 0.5) is 32.7 Å². The molecule has 3 aliphatic rings. The number of sulfone groups is 1. The maximum Gasteiger partial charge on any atom is 0.408 e. The average molecular weight is 647 g/mol. The van der Waals surface area contributed by atoms with Gasteiger partial charge in [-0.15, -0.1) is 0 Å². The van der Waals surface area contributed by atoms with Crippen molar-refractivity contribution in [2.45, 2.75) is 81.5 Å². The van der Waals surface area contributed by atoms with Gasteiger partial charge in [-0.3, -0.25) is 0 Å². The number of hydrogen-bond donors (Lipinski definition) is 1. The van der Waals surface area contributed by atoms with Crippen molar-refractivity contribution >= 4 is 30.0 Å². The molecule has 2 fully saturated rings. The second kappa shape index (κ2) is 11.0. The summed E-state index contributed by atoms with van der Waals surface area (Å²) in [7, 11) is -4.74. The van der Waals surface area contributed by atoms with Crippen LogP contribution in [0.5, 0.6) is 0 Å². The molecule has 2 aromatic rings. The van der Waals surface area contributed by atoms with Crippen LogP contribution in [0.1, 0.15) is 42.5 Å². The highest BCUT2D eigenvalue weighted by Crippen LogP contribution is 2.46. The molecule has 15 heteroatoms. The molecule has 2 aliphatic heterocycles. The predicted molar refractivity (Wildman–Crippen MR) is 154 cm³/mol. The number of nitrogens with one attached hydrogen (secondary N) is 1. The summed E-state index contributed by atoms with van der Waals surface area (Å²) in [6.45, 7) is 6.70. The number of alkyl halides is 5. The molecule has 3 heterocycles. The Hall–Kier alpha value is -2.81. The molecule has 236 valence electrons. The number of nitrogens with zero attached hydrogens (tertiary/aromatic N) is 3. The van der Waals surface area contributed by atoms with Gasteiger partial charge in [-0.2, -0.15) is 22.0 Å². The smallest absolute Gasteiger partial charge is 0.408 e. The maximum absolute atomic E-state index is 14.8. The largest absolute Gasteiger partial charge is 0.450 e. The maximum atomic E-state index is 14.8. The minimum absolute atomic E-state index is 0.00193. The Bertz CT molecular complexity index is 1480. The van der Waals surface area contributed by atoms with E-state index in [9.17, 15) is 35.2 Å². The van der Waals surface area contributed by atoms with E-state index in [2.05, 4.69) is 34.9 Å². The van der Waals surface area contributed by atoms with E-state index in [0.29, 0.717) is 11.1 Å². The van der Waals surface area contributed by atoms with Gasteiger partial charge in [-0.05, 0) is 37.3 Å². The number of aromatic nitrogens is 2. The summed E-state index contributed by atoms with van der Waals surface area (Å²) in [4.78, 5) is 22.0. The summed E-state index contributed by atoms with van der Waals surface area (Å²) >= 11 is 0. The molecule has 0 radical (unpaired) electrons. The number of ether oxygens (including phenoxy) is 1. The van der Waals surface area contributed by atoms with Crippen molar-refractivity contribution in [3.63, 3.8) is 0 Å². The molecule has 2 saturated heterocycles. The van der Waals surface area contributed by atoms with E-state index in [1.165, 1.54) is 0 Å². The van der Waals surface area contributed by atoms with Gasteiger partial charge in [-0.1, -0.05) is 43.9 Å². The molecule has 0 saturated carbocycles. The van der Waals surface area contributed by atoms with Crippen LogP contribution in [0.15, 0.2) is 24.3 Å². The fraction of sp³-hybridized carbons (Fsp3) is 0.607. The van der Waals surface area contributed by atoms with E-state index >= 15 is 0 Å². The Labute approximate surface area is 248 Å². The van der Waals surface area contributed by atoms with E-state index in [1.54, 1.807) is 24.3 Å². The molecule has 43 heavy (non-hydrogen) atoms. The zero-order valence-corrected chi connectivity index (χ0v) is 26.0. The number of rotatable bonds is 7. The summed E-state index contributed by atoms with van der Waals surface area (Å²) < 4.78 is 100.0. The van der Waals surface area contributed by atoms with Gasteiger partial charge >= 0.3 is 12.3 Å². The van der Waals surface area contributed by atoms with Gasteiger partial charge in [-0.25, -0.2) is 23.2 Å². The Morgan fingerprint density at radius 2 is 1.74 bits per heavy atom. The number of amides is 1. The zero-order chi connectivity index (χ0) is 31.4. The fourth-order valence-electron chi connectivity index (χ4n) is 5.75. The molecule has 1 atom stereocenters. The van der Waals surface area contributed by atoms with E-state index < -0.39 is 59.8 Å². The molecule has 1 aromatic carbocycles. The minimum atomic E-state index is -4.55. The quantitative estimate of drug-likeness (QED) is 0.300. The van der Waals surface area contributed by atoms with Gasteiger partial charge in [0.2, 0.25) is 5.95 Å². The number of fused-ring (bicyclic) bond motifs is 1. The molecule has 1 N–H and O–H groups in total. The molecule has 0 unspecified atom stereocenters. The van der Waals surface area contributed by atoms with Crippen LogP contribution >= 0.6 is 0 Å². The summed E-state index contributed by atoms with van der Waals surface area (Å²) in [5.41, 5.74) is -0.264. The first-order valence-electron chi connectivity index (χ1n) is 14.3. The number of hydrogen-bond acceptors (Lipinski definition) is 7. The Morgan fingerprint density at radius 1 is 1.09 bits per heavy atom. The number of anilines is 1. The lowest BCUT2D eigenvalue weighted by Gasteiger charge is -2.42. The lowest BCUT2D eigenvalue weighted by molar-refractivity contribution is -0.160. The van der Waals surface area contributed by atoms with Crippen molar-refractivity contribution in [1.82, 2.24) is 15.3 Å². The van der Waals surface area contributed by atoms with Gasteiger partial charge in [0.25, 0.3) is 5.92 Å². The van der Waals surface area contributed by atoms with Crippen molar-refractivity contribution in [3.8, 4) is 11.3 Å². The zero-order valence-electron chi connectivity index (χ0n) is 24.2. The van der Waals surface area contributed by atoms with E-state index in [-0.39, 0.29) is 67.5 Å². The number of carbonyl (C=O) groups excluding carboxylic acids is 1. The van der Waals surface area contributed by atoms with Crippen molar-refractivity contribution in [2.75, 3.05) is 29.6 Å². The Kier molecular flexibility index (Phi) is 8.06. The highest BCUT2D eigenvalue weighted by molar-refractivity contribution is 7.91. The van der Waals surface area contributed by atoms with Gasteiger partial charge in [0, 0.05) is 32.2 Å². The third-order valence-corrected chi connectivity index (χ3v) is 11.9. The molecule has 0 spiro atoms. The standard InChI is InChI=1S/C28H35F5N4O4SSi/c1-43(2,3)17-14-41-25(38)36-26(11-15-42(39,40)16-12-26)19-6-4-18(5-7-19)22-20-8-10-27(29,30)23(20)35-24(34-22)37-13-9-21(37)28(31,32)33/h4-7,21H,8-17H2,1-3H3,(H,36,38)/t21-/m1/s1. The van der Waals surface area contributed by atoms with Crippen molar-refractivity contribution < 1.29 is 39.9 Å². The first-order valence-corrected chi connectivity index (χ1v) is 19.8. The van der Waals surface area contributed by atoms with E-state index in [4.69, 9.17) is 4.74 Å². The van der Waals surface area contributed by atoms with E-state index in [1.807, 2.05) is 0 Å². The molecule has 0 bridgehead atoms. The first-order chi connectivity index (χ1) is 19.9. The number of carbonyl (C=O) groups is 1. The average Bonchev–Trinajstić information content (AvgIpc) is 3.17. The number of benzene rings is 1. The van der Waals surface area contributed by atoms with Gasteiger partial charge in [0.05, 0.1) is 29.3 Å². The molecule has 8 nitrogen and oxygen atoms in total. The summed E-state index contributed by atoms with van der Waals surface area (Å²) in [6.07, 6.45) is -5.69. The van der Waals surface area contributed by atoms with Crippen LogP contribution in [0, 0.1) is 0 Å². The fourth-order valence-corrected chi connectivity index (χ4v) is 7.98. The van der Waals surface area contributed by atoms with Crippen molar-refractivity contribution in [1.29, 1.82) is 0 Å². The van der Waals surface area contributed by atoms with Gasteiger partial charge in [0.1, 0.15) is 11.7 Å². The van der Waals surface area contributed by atoms with Crippen LogP contribution in [0.3, 0.4) is 0 Å². The molecule has 5 rings (SSSR count). The first kappa shape index (κ1) is 31.6. The van der Waals surface area contributed by atoms with Crippen LogP contribution in [0.25, 0.3) is 11.3 Å². The van der Waals surface area contributed by atoms with Gasteiger partial charge in [0.15, 0.2) is 9.84 Å². The van der Waals surface area contributed by atoms with Crippen molar-refractivity contribution in [3.05, 3.63) is 41.1 Å². The van der Waals surface area contributed by atoms with Crippen LogP contribution in [-0.4, -0.2) is 69.4 Å². The number of halogens is 5. The lowest BCUT2D eigenvalue weighted by atomic mass is 9.83. The van der Waals surface area contributed by atoms with Gasteiger partial charge < -0.3 is 15.0 Å². The summed E-state index contributed by atoms with van der Waals surface area (Å²) in [6, 6.07) is 5.48. The topological polar surface area (TPSA) is 101 Å². The number of alkyl carbamates (subject to hydrolysis) is 1. The second-order valence-electron chi connectivity index (χ2n) is 12.8. The summed E-state index contributed by atoms with van der Waals surface area (Å²) in [5.74, 6) is -3.96. The molecule has 1 aromatic heterocycles. The highest BCUT2D eigenvalue weighted by Gasteiger charge is 2.51. The van der Waals surface area contributed by atoms with Crippen molar-refractivity contribution in [2.24, 2.45) is 0 Å². The highest BCUT2D eigenvalue weighted by atomic mass is 32.2. The van der Waals surface area contributed by atoms with E-state index in [0.717, 1.165) is 10.9 Å². The second-order valence-corrected chi connectivity index (χ2v) is 20.8. The van der Waals surface area contributed by atoms with Crippen LogP contribution < -0.4 is 10.2 Å². The normalized spacial score (nSPS) is 22.4. The predicted octanol–water partition coefficient (Wildman–Crippen LogP) is 5.79. The Balaban J connectivity index is 1.46. The summed E-state index contributed by atoms with van der Waals surface area (Å²) in [5, 5.41) is 2.89. The third-order valence-electron chi connectivity index (χ3n) is 8.50. The Morgan fingerprint density at radius 3 is 2.30 bits per heavy atom. The SMILES string of the molecule is C[Si](C)(C)CCOC(=O)NC1(c2ccc(-c3nc(N4CC[C@@H]4C(F)(F)F)nc4c3CCC4(F)F)cc2)CCS(=O)(=O)CC1. The van der Waals surface area contributed by atoms with Crippen LogP contribution in [-0.2, 0) is 32.5 Å². The molecular formula is C28H35F5N4O4SSi. The lowest BCUT2D eigenvalue weighted by Crippen LogP contribution is -2.56. The monoisotopic (exact) mass is 646 g/mol. The minimum Gasteiger partial charge on any atom is -0.450 e. The molecule has 1 amide bonds. The third kappa shape index (κ3) is 6.66.